The smallest absolute Gasteiger partial charge is 0.259 e. The van der Waals surface area contributed by atoms with Crippen molar-refractivity contribution in [3.8, 4) is 22.9 Å². The minimum Gasteiger partial charge on any atom is -0.508 e. The maximum absolute atomic E-state index is 12.1. The Hall–Kier alpha value is -2.82. The van der Waals surface area contributed by atoms with Gasteiger partial charge >= 0.3 is 0 Å². The van der Waals surface area contributed by atoms with Crippen LogP contribution in [0.15, 0.2) is 47.3 Å². The predicted octanol–water partition coefficient (Wildman–Crippen LogP) is 2.30. The Kier molecular flexibility index (Phi) is 2.87. The van der Waals surface area contributed by atoms with Gasteiger partial charge in [0, 0.05) is 5.56 Å². The number of fused-ring (bicyclic) bond motifs is 1. The van der Waals surface area contributed by atoms with Gasteiger partial charge in [-0.15, -0.1) is 0 Å². The fourth-order valence-electron chi connectivity index (χ4n) is 2.03. The molecule has 1 aromatic heterocycles. The van der Waals surface area contributed by atoms with Crippen molar-refractivity contribution < 1.29 is 9.84 Å². The number of benzene rings is 2. The van der Waals surface area contributed by atoms with Crippen LogP contribution < -0.4 is 10.3 Å². The van der Waals surface area contributed by atoms with E-state index >= 15 is 0 Å². The van der Waals surface area contributed by atoms with Crippen molar-refractivity contribution in [2.24, 2.45) is 0 Å². The minimum absolute atomic E-state index is 0.125. The van der Waals surface area contributed by atoms with E-state index < -0.39 is 0 Å². The highest BCUT2D eigenvalue weighted by atomic mass is 16.5. The van der Waals surface area contributed by atoms with Crippen LogP contribution in [0.5, 0.6) is 11.5 Å². The molecule has 5 heteroatoms. The summed E-state index contributed by atoms with van der Waals surface area (Å²) in [4.78, 5) is 19.2. The van der Waals surface area contributed by atoms with Gasteiger partial charge in [-0.25, -0.2) is 4.98 Å². The standard InChI is InChI=1S/C15H12N2O3/c1-20-11-5-6-13-12(8-11)15(19)17-14(16-13)9-3-2-4-10(18)7-9/h2-8,18H,1H3,(H,16,17,19). The molecule has 0 aliphatic carbocycles. The van der Waals surface area contributed by atoms with Gasteiger partial charge < -0.3 is 14.8 Å². The summed E-state index contributed by atoms with van der Waals surface area (Å²) in [5.74, 6) is 1.15. The molecule has 3 rings (SSSR count). The number of methoxy groups -OCH3 is 1. The summed E-state index contributed by atoms with van der Waals surface area (Å²) in [6.45, 7) is 0. The average Bonchev–Trinajstić information content (AvgIpc) is 2.47. The highest BCUT2D eigenvalue weighted by molar-refractivity contribution is 5.81. The van der Waals surface area contributed by atoms with E-state index in [2.05, 4.69) is 9.97 Å². The van der Waals surface area contributed by atoms with Crippen molar-refractivity contribution >= 4 is 10.9 Å². The lowest BCUT2D eigenvalue weighted by Crippen LogP contribution is -2.09. The van der Waals surface area contributed by atoms with Gasteiger partial charge in [0.15, 0.2) is 0 Å². The Bertz CT molecular complexity index is 840. The Morgan fingerprint density at radius 2 is 2.05 bits per heavy atom. The van der Waals surface area contributed by atoms with Crippen molar-refractivity contribution in [3.05, 3.63) is 52.8 Å². The van der Waals surface area contributed by atoms with Crippen molar-refractivity contribution in [3.63, 3.8) is 0 Å². The van der Waals surface area contributed by atoms with E-state index in [4.69, 9.17) is 4.74 Å². The Balaban J connectivity index is 2.22. The van der Waals surface area contributed by atoms with Crippen LogP contribution in [-0.2, 0) is 0 Å². The topological polar surface area (TPSA) is 75.2 Å². The molecule has 20 heavy (non-hydrogen) atoms. The summed E-state index contributed by atoms with van der Waals surface area (Å²) in [5.41, 5.74) is 0.986. The first kappa shape index (κ1) is 12.2. The van der Waals surface area contributed by atoms with Crippen LogP contribution in [0.1, 0.15) is 0 Å². The van der Waals surface area contributed by atoms with E-state index in [1.807, 2.05) is 0 Å². The number of nitrogens with zero attached hydrogens (tertiary/aromatic N) is 1. The second-order valence-electron chi connectivity index (χ2n) is 4.35. The second-order valence-corrected chi connectivity index (χ2v) is 4.35. The Labute approximate surface area is 114 Å². The maximum Gasteiger partial charge on any atom is 0.259 e. The number of hydrogen-bond acceptors (Lipinski definition) is 4. The molecule has 0 radical (unpaired) electrons. The number of aromatic nitrogens is 2. The molecular weight excluding hydrogens is 256 g/mol. The van der Waals surface area contributed by atoms with E-state index in [0.717, 1.165) is 0 Å². The molecule has 0 fully saturated rings. The van der Waals surface area contributed by atoms with Gasteiger partial charge in [-0.1, -0.05) is 12.1 Å². The first-order valence-corrected chi connectivity index (χ1v) is 6.05. The zero-order chi connectivity index (χ0) is 14.1. The number of nitrogens with one attached hydrogen (secondary N) is 1. The molecule has 0 bridgehead atoms. The lowest BCUT2D eigenvalue weighted by Gasteiger charge is -2.05. The lowest BCUT2D eigenvalue weighted by molar-refractivity contribution is 0.415. The molecule has 0 unspecified atom stereocenters. The van der Waals surface area contributed by atoms with Gasteiger partial charge in [0.05, 0.1) is 18.0 Å². The highest BCUT2D eigenvalue weighted by Gasteiger charge is 2.07. The zero-order valence-electron chi connectivity index (χ0n) is 10.8. The van der Waals surface area contributed by atoms with Crippen molar-refractivity contribution in [1.29, 1.82) is 0 Å². The average molecular weight is 268 g/mol. The van der Waals surface area contributed by atoms with E-state index in [1.165, 1.54) is 0 Å². The Morgan fingerprint density at radius 3 is 2.80 bits per heavy atom. The summed E-state index contributed by atoms with van der Waals surface area (Å²) in [6, 6.07) is 11.7. The van der Waals surface area contributed by atoms with Crippen LogP contribution in [0.25, 0.3) is 22.3 Å². The normalized spacial score (nSPS) is 10.7. The van der Waals surface area contributed by atoms with E-state index in [9.17, 15) is 9.90 Å². The molecule has 2 aromatic carbocycles. The first-order chi connectivity index (χ1) is 9.67. The molecule has 2 N–H and O–H groups in total. The second kappa shape index (κ2) is 4.70. The zero-order valence-corrected chi connectivity index (χ0v) is 10.8. The summed E-state index contributed by atoms with van der Waals surface area (Å²) < 4.78 is 5.09. The van der Waals surface area contributed by atoms with Crippen LogP contribution in [0, 0.1) is 0 Å². The lowest BCUT2D eigenvalue weighted by atomic mass is 10.2. The molecule has 0 amide bonds. The molecule has 100 valence electrons. The fourth-order valence-corrected chi connectivity index (χ4v) is 2.03. The van der Waals surface area contributed by atoms with E-state index in [-0.39, 0.29) is 11.3 Å². The van der Waals surface area contributed by atoms with Crippen LogP contribution in [0.4, 0.5) is 0 Å². The first-order valence-electron chi connectivity index (χ1n) is 6.05. The number of phenols is 1. The SMILES string of the molecule is COc1ccc2nc(-c3cccc(O)c3)[nH]c(=O)c2c1. The van der Waals surface area contributed by atoms with Crippen LogP contribution in [-0.4, -0.2) is 22.2 Å². The summed E-state index contributed by atoms with van der Waals surface area (Å²) in [6.07, 6.45) is 0. The number of aromatic hydroxyl groups is 1. The summed E-state index contributed by atoms with van der Waals surface area (Å²) >= 11 is 0. The largest absolute Gasteiger partial charge is 0.508 e. The van der Waals surface area contributed by atoms with Gasteiger partial charge in [0.25, 0.3) is 5.56 Å². The molecule has 0 spiro atoms. The van der Waals surface area contributed by atoms with Crippen LogP contribution >= 0.6 is 0 Å². The van der Waals surface area contributed by atoms with Gasteiger partial charge in [0.1, 0.15) is 17.3 Å². The van der Waals surface area contributed by atoms with Crippen LogP contribution in [0.2, 0.25) is 0 Å². The number of hydrogen-bond donors (Lipinski definition) is 2. The molecule has 0 aliphatic heterocycles. The molecule has 3 aromatic rings. The monoisotopic (exact) mass is 268 g/mol. The quantitative estimate of drug-likeness (QED) is 0.747. The Morgan fingerprint density at radius 1 is 1.20 bits per heavy atom. The van der Waals surface area contributed by atoms with Gasteiger partial charge in [0.2, 0.25) is 0 Å². The fraction of sp³-hybridized carbons (Fsp3) is 0.0667. The van der Waals surface area contributed by atoms with Gasteiger partial charge in [-0.05, 0) is 30.3 Å². The molecule has 0 atom stereocenters. The van der Waals surface area contributed by atoms with E-state index in [1.54, 1.807) is 49.6 Å². The maximum atomic E-state index is 12.1. The molecule has 0 aliphatic rings. The third-order valence-corrected chi connectivity index (χ3v) is 3.03. The predicted molar refractivity (Wildman–Crippen MR) is 76.0 cm³/mol. The number of ether oxygens (including phenoxy) is 1. The van der Waals surface area contributed by atoms with Gasteiger partial charge in [-0.2, -0.15) is 0 Å². The third-order valence-electron chi connectivity index (χ3n) is 3.03. The highest BCUT2D eigenvalue weighted by Crippen LogP contribution is 2.22. The van der Waals surface area contributed by atoms with Crippen molar-refractivity contribution in [2.45, 2.75) is 0 Å². The molecular formula is C15H12N2O3. The molecule has 5 nitrogen and oxygen atoms in total. The van der Waals surface area contributed by atoms with Crippen molar-refractivity contribution in [2.75, 3.05) is 7.11 Å². The number of rotatable bonds is 2. The molecule has 0 saturated heterocycles. The van der Waals surface area contributed by atoms with Crippen molar-refractivity contribution in [1.82, 2.24) is 9.97 Å². The number of H-pyrrole nitrogens is 1. The molecule has 1 heterocycles. The number of phenolic OH excluding ortho intramolecular Hbond substituents is 1. The number of aromatic amines is 1. The third kappa shape index (κ3) is 2.09. The summed E-state index contributed by atoms with van der Waals surface area (Å²) in [7, 11) is 1.55. The van der Waals surface area contributed by atoms with Gasteiger partial charge in [-0.3, -0.25) is 4.79 Å². The van der Waals surface area contributed by atoms with E-state index in [0.29, 0.717) is 28.0 Å². The minimum atomic E-state index is -0.243. The van der Waals surface area contributed by atoms with Crippen LogP contribution in [0.3, 0.4) is 0 Å². The molecule has 0 saturated carbocycles. The summed E-state index contributed by atoms with van der Waals surface area (Å²) in [5, 5.41) is 9.95.